The van der Waals surface area contributed by atoms with Crippen LogP contribution in [0.25, 0.3) is 0 Å². The van der Waals surface area contributed by atoms with Crippen molar-refractivity contribution in [2.45, 2.75) is 58.6 Å². The number of likely N-dealkylation sites (tertiary alicyclic amines) is 1. The van der Waals surface area contributed by atoms with Gasteiger partial charge in [-0.1, -0.05) is 6.92 Å². The Hall–Kier alpha value is -0.770. The topological polar surface area (TPSA) is 41.6 Å². The van der Waals surface area contributed by atoms with E-state index in [0.717, 1.165) is 18.9 Å². The number of carbonyl (C=O) groups excluding carboxylic acids is 1. The second-order valence-corrected chi connectivity index (χ2v) is 7.35. The molecule has 1 heterocycles. The molecule has 2 unspecified atom stereocenters. The van der Waals surface area contributed by atoms with E-state index in [-0.39, 0.29) is 12.1 Å². The normalized spacial score (nSPS) is 29.1. The average molecular weight is 268 g/mol. The fourth-order valence-corrected chi connectivity index (χ4v) is 2.86. The Balaban J connectivity index is 1.79. The molecular formula is C15H28N2O2. The van der Waals surface area contributed by atoms with Crippen molar-refractivity contribution in [1.29, 1.82) is 0 Å². The van der Waals surface area contributed by atoms with E-state index < -0.39 is 5.60 Å². The zero-order valence-electron chi connectivity index (χ0n) is 12.7. The monoisotopic (exact) mass is 268 g/mol. The molecule has 0 aromatic heterocycles. The van der Waals surface area contributed by atoms with Crippen LogP contribution < -0.4 is 5.32 Å². The van der Waals surface area contributed by atoms with Crippen molar-refractivity contribution in [1.82, 2.24) is 10.2 Å². The summed E-state index contributed by atoms with van der Waals surface area (Å²) in [6, 6.07) is 0.234. The molecule has 2 rings (SSSR count). The van der Waals surface area contributed by atoms with Gasteiger partial charge in [-0.3, -0.25) is 0 Å². The molecule has 4 heteroatoms. The number of ether oxygens (including phenoxy) is 1. The molecule has 0 spiro atoms. The lowest BCUT2D eigenvalue weighted by Gasteiger charge is -2.37. The van der Waals surface area contributed by atoms with Crippen molar-refractivity contribution in [2.75, 3.05) is 19.6 Å². The number of amides is 1. The first-order valence-electron chi connectivity index (χ1n) is 7.53. The van der Waals surface area contributed by atoms with Gasteiger partial charge in [-0.25, -0.2) is 4.79 Å². The molecule has 1 N–H and O–H groups in total. The maximum absolute atomic E-state index is 11.8. The summed E-state index contributed by atoms with van der Waals surface area (Å²) in [4.78, 5) is 14.3. The van der Waals surface area contributed by atoms with E-state index in [2.05, 4.69) is 17.1 Å². The lowest BCUT2D eigenvalue weighted by Crippen LogP contribution is -2.51. The van der Waals surface area contributed by atoms with Gasteiger partial charge in [-0.15, -0.1) is 0 Å². The number of nitrogens with zero attached hydrogens (tertiary/aromatic N) is 1. The molecule has 0 aromatic rings. The first-order chi connectivity index (χ1) is 8.82. The summed E-state index contributed by atoms with van der Waals surface area (Å²) in [5.41, 5.74) is -0.419. The third-order valence-corrected chi connectivity index (χ3v) is 3.67. The third kappa shape index (κ3) is 5.39. The van der Waals surface area contributed by atoms with Crippen LogP contribution in [-0.4, -0.2) is 42.3 Å². The highest BCUT2D eigenvalue weighted by atomic mass is 16.6. The molecule has 110 valence electrons. The van der Waals surface area contributed by atoms with E-state index in [0.29, 0.717) is 5.92 Å². The molecule has 0 aromatic carbocycles. The molecule has 1 aliphatic heterocycles. The smallest absolute Gasteiger partial charge is 0.407 e. The second-order valence-electron chi connectivity index (χ2n) is 7.35. The van der Waals surface area contributed by atoms with E-state index in [1.807, 2.05) is 20.8 Å². The molecule has 2 aliphatic rings. The Morgan fingerprint density at radius 1 is 1.32 bits per heavy atom. The Labute approximate surface area is 116 Å². The number of piperidine rings is 1. The van der Waals surface area contributed by atoms with Gasteiger partial charge in [0.25, 0.3) is 0 Å². The maximum atomic E-state index is 11.8. The number of rotatable bonds is 3. The minimum Gasteiger partial charge on any atom is -0.444 e. The van der Waals surface area contributed by atoms with Crippen LogP contribution in [0.1, 0.15) is 47.0 Å². The molecule has 1 aliphatic carbocycles. The molecule has 2 fully saturated rings. The van der Waals surface area contributed by atoms with E-state index in [1.54, 1.807) is 0 Å². The number of carbonyl (C=O) groups is 1. The first kappa shape index (κ1) is 14.6. The highest BCUT2D eigenvalue weighted by molar-refractivity contribution is 5.68. The quantitative estimate of drug-likeness (QED) is 0.855. The van der Waals surface area contributed by atoms with Crippen LogP contribution in [0.4, 0.5) is 4.79 Å². The predicted molar refractivity (Wildman–Crippen MR) is 76.1 cm³/mol. The van der Waals surface area contributed by atoms with Crippen LogP contribution in [0.2, 0.25) is 0 Å². The zero-order chi connectivity index (χ0) is 14.0. The minimum absolute atomic E-state index is 0.234. The van der Waals surface area contributed by atoms with Gasteiger partial charge in [0.1, 0.15) is 5.60 Å². The van der Waals surface area contributed by atoms with Crippen LogP contribution in [-0.2, 0) is 4.74 Å². The Morgan fingerprint density at radius 2 is 2.00 bits per heavy atom. The number of alkyl carbamates (subject to hydrolysis) is 1. The molecule has 1 saturated carbocycles. The van der Waals surface area contributed by atoms with Crippen molar-refractivity contribution in [2.24, 2.45) is 11.8 Å². The summed E-state index contributed by atoms with van der Waals surface area (Å²) in [6.07, 6.45) is 3.54. The van der Waals surface area contributed by atoms with Crippen LogP contribution in [0.3, 0.4) is 0 Å². The van der Waals surface area contributed by atoms with Gasteiger partial charge in [0.2, 0.25) is 0 Å². The SMILES string of the molecule is CC1CC(NC(=O)OC(C)(C)C)CN(CC2CC2)C1. The van der Waals surface area contributed by atoms with Gasteiger partial charge < -0.3 is 15.0 Å². The molecule has 2 atom stereocenters. The predicted octanol–water partition coefficient (Wildman–Crippen LogP) is 2.63. The van der Waals surface area contributed by atoms with Crippen LogP contribution in [0.5, 0.6) is 0 Å². The van der Waals surface area contributed by atoms with Crippen LogP contribution in [0.15, 0.2) is 0 Å². The molecule has 0 radical (unpaired) electrons. The summed E-state index contributed by atoms with van der Waals surface area (Å²) in [5.74, 6) is 1.56. The molecular weight excluding hydrogens is 240 g/mol. The first-order valence-corrected chi connectivity index (χ1v) is 7.53. The van der Waals surface area contributed by atoms with Crippen molar-refractivity contribution in [3.8, 4) is 0 Å². The summed E-state index contributed by atoms with van der Waals surface area (Å²) >= 11 is 0. The molecule has 1 saturated heterocycles. The van der Waals surface area contributed by atoms with Gasteiger partial charge in [0.15, 0.2) is 0 Å². The standard InChI is InChI=1S/C15H28N2O2/c1-11-7-13(16-14(18)19-15(2,3)4)10-17(8-11)9-12-5-6-12/h11-13H,5-10H2,1-4H3,(H,16,18). The van der Waals surface area contributed by atoms with Crippen LogP contribution in [0, 0.1) is 11.8 Å². The highest BCUT2D eigenvalue weighted by Crippen LogP contribution is 2.31. The van der Waals surface area contributed by atoms with Gasteiger partial charge >= 0.3 is 6.09 Å². The van der Waals surface area contributed by atoms with Crippen molar-refractivity contribution < 1.29 is 9.53 Å². The molecule has 1 amide bonds. The molecule has 4 nitrogen and oxygen atoms in total. The highest BCUT2D eigenvalue weighted by Gasteiger charge is 2.31. The summed E-state index contributed by atoms with van der Waals surface area (Å²) in [7, 11) is 0. The molecule has 19 heavy (non-hydrogen) atoms. The van der Waals surface area contributed by atoms with E-state index in [1.165, 1.54) is 25.9 Å². The van der Waals surface area contributed by atoms with E-state index >= 15 is 0 Å². The molecule has 0 bridgehead atoms. The number of hydrogen-bond acceptors (Lipinski definition) is 3. The summed E-state index contributed by atoms with van der Waals surface area (Å²) in [6.45, 7) is 11.3. The minimum atomic E-state index is -0.419. The van der Waals surface area contributed by atoms with Crippen LogP contribution >= 0.6 is 0 Å². The summed E-state index contributed by atoms with van der Waals surface area (Å²) < 4.78 is 5.34. The number of nitrogens with one attached hydrogen (secondary N) is 1. The lowest BCUT2D eigenvalue weighted by molar-refractivity contribution is 0.0451. The zero-order valence-corrected chi connectivity index (χ0v) is 12.7. The van der Waals surface area contributed by atoms with Crippen molar-refractivity contribution >= 4 is 6.09 Å². The van der Waals surface area contributed by atoms with Crippen molar-refractivity contribution in [3.63, 3.8) is 0 Å². The number of hydrogen-bond donors (Lipinski definition) is 1. The van der Waals surface area contributed by atoms with Gasteiger partial charge in [-0.2, -0.15) is 0 Å². The Kier molecular flexibility index (Phi) is 4.39. The Morgan fingerprint density at radius 3 is 2.58 bits per heavy atom. The third-order valence-electron chi connectivity index (χ3n) is 3.67. The van der Waals surface area contributed by atoms with Gasteiger partial charge in [-0.05, 0) is 51.9 Å². The maximum Gasteiger partial charge on any atom is 0.407 e. The van der Waals surface area contributed by atoms with E-state index in [4.69, 9.17) is 4.74 Å². The lowest BCUT2D eigenvalue weighted by atomic mass is 9.96. The van der Waals surface area contributed by atoms with Gasteiger partial charge in [0, 0.05) is 25.7 Å². The van der Waals surface area contributed by atoms with Gasteiger partial charge in [0.05, 0.1) is 0 Å². The van der Waals surface area contributed by atoms with Crippen molar-refractivity contribution in [3.05, 3.63) is 0 Å². The van der Waals surface area contributed by atoms with E-state index in [9.17, 15) is 4.79 Å². The fraction of sp³-hybridized carbons (Fsp3) is 0.933. The second kappa shape index (κ2) is 5.70. The largest absolute Gasteiger partial charge is 0.444 e. The Bertz CT molecular complexity index is 319. The fourth-order valence-electron chi connectivity index (χ4n) is 2.86. The summed E-state index contributed by atoms with van der Waals surface area (Å²) in [5, 5.41) is 3.03. The average Bonchev–Trinajstić information content (AvgIpc) is 2.96.